The Balaban J connectivity index is 2.28. The van der Waals surface area contributed by atoms with Gasteiger partial charge in [-0.2, -0.15) is 4.98 Å². The van der Waals surface area contributed by atoms with Gasteiger partial charge in [-0.05, 0) is 6.07 Å². The van der Waals surface area contributed by atoms with Crippen molar-refractivity contribution in [2.75, 3.05) is 5.73 Å². The van der Waals surface area contributed by atoms with Gasteiger partial charge >= 0.3 is 0 Å². The van der Waals surface area contributed by atoms with Crippen molar-refractivity contribution >= 4 is 39.0 Å². The number of aromatic nitrogens is 3. The number of nitrogens with zero attached hydrogens (tertiary/aromatic N) is 2. The summed E-state index contributed by atoms with van der Waals surface area (Å²) in [6, 6.07) is 7.94. The Bertz CT molecular complexity index is 658. The molecule has 0 bridgehead atoms. The quantitative estimate of drug-likeness (QED) is 0.698. The van der Waals surface area contributed by atoms with Gasteiger partial charge in [-0.25, -0.2) is 0 Å². The average molecular weight is 251 g/mol. The maximum Gasteiger partial charge on any atom is 0.239 e. The van der Waals surface area contributed by atoms with Crippen LogP contribution in [0.4, 0.5) is 5.95 Å². The van der Waals surface area contributed by atoms with E-state index < -0.39 is 0 Å². The molecule has 0 atom stereocenters. The molecular weight excluding hydrogens is 244 g/mol. The Labute approximate surface area is 100 Å². The first kappa shape index (κ1) is 9.62. The highest BCUT2D eigenvalue weighted by Gasteiger charge is 2.14. The van der Waals surface area contributed by atoms with E-state index in [1.807, 2.05) is 24.3 Å². The van der Waals surface area contributed by atoms with Crippen molar-refractivity contribution in [3.63, 3.8) is 0 Å². The number of nitrogens with one attached hydrogen (secondary N) is 1. The molecule has 4 nitrogen and oxygen atoms in total. The van der Waals surface area contributed by atoms with Gasteiger partial charge in [0.05, 0.1) is 9.90 Å². The van der Waals surface area contributed by atoms with E-state index in [9.17, 15) is 0 Å². The minimum absolute atomic E-state index is 0.225. The topological polar surface area (TPSA) is 67.6 Å². The molecule has 0 spiro atoms. The lowest BCUT2D eigenvalue weighted by Gasteiger charge is -1.90. The van der Waals surface area contributed by atoms with E-state index >= 15 is 0 Å². The first-order valence-corrected chi connectivity index (χ1v) is 5.80. The van der Waals surface area contributed by atoms with E-state index in [0.29, 0.717) is 10.8 Å². The molecule has 1 aromatic carbocycles. The Morgan fingerprint density at radius 1 is 1.31 bits per heavy atom. The largest absolute Gasteiger partial charge is 0.366 e. The maximum absolute atomic E-state index is 6.28. The van der Waals surface area contributed by atoms with Crippen LogP contribution in [-0.2, 0) is 0 Å². The van der Waals surface area contributed by atoms with Crippen LogP contribution in [0.1, 0.15) is 0 Å². The monoisotopic (exact) mass is 250 g/mol. The number of aromatic amines is 1. The van der Waals surface area contributed by atoms with E-state index in [1.54, 1.807) is 11.3 Å². The normalized spacial score (nSPS) is 11.1. The van der Waals surface area contributed by atoms with Crippen molar-refractivity contribution in [2.24, 2.45) is 0 Å². The third kappa shape index (κ3) is 1.36. The van der Waals surface area contributed by atoms with Gasteiger partial charge in [-0.15, -0.1) is 16.4 Å². The van der Waals surface area contributed by atoms with Crippen LogP contribution in [0.2, 0.25) is 5.02 Å². The third-order valence-electron chi connectivity index (χ3n) is 2.25. The molecule has 16 heavy (non-hydrogen) atoms. The fraction of sp³-hybridized carbons (Fsp3) is 0. The fourth-order valence-electron chi connectivity index (χ4n) is 1.54. The number of anilines is 1. The van der Waals surface area contributed by atoms with Crippen LogP contribution >= 0.6 is 22.9 Å². The van der Waals surface area contributed by atoms with E-state index in [-0.39, 0.29) is 5.95 Å². The first-order valence-electron chi connectivity index (χ1n) is 4.61. The van der Waals surface area contributed by atoms with Gasteiger partial charge in [0.25, 0.3) is 0 Å². The zero-order valence-corrected chi connectivity index (χ0v) is 9.64. The number of hydrogen-bond acceptors (Lipinski definition) is 4. The number of thiophene rings is 1. The fourth-order valence-corrected chi connectivity index (χ4v) is 3.00. The van der Waals surface area contributed by atoms with Crippen LogP contribution in [0.5, 0.6) is 0 Å². The number of fused-ring (bicyclic) bond motifs is 1. The minimum atomic E-state index is 0.225. The summed E-state index contributed by atoms with van der Waals surface area (Å²) < 4.78 is 1.12. The molecule has 0 saturated heterocycles. The van der Waals surface area contributed by atoms with E-state index in [4.69, 9.17) is 17.3 Å². The van der Waals surface area contributed by atoms with E-state index in [0.717, 1.165) is 15.0 Å². The molecule has 3 rings (SSSR count). The second-order valence-corrected chi connectivity index (χ2v) is 4.71. The average Bonchev–Trinajstić information content (AvgIpc) is 2.84. The van der Waals surface area contributed by atoms with Crippen molar-refractivity contribution in [1.82, 2.24) is 15.2 Å². The van der Waals surface area contributed by atoms with Crippen molar-refractivity contribution in [2.45, 2.75) is 0 Å². The zero-order valence-electron chi connectivity index (χ0n) is 8.07. The summed E-state index contributed by atoms with van der Waals surface area (Å²) in [5.74, 6) is 0.840. The molecular formula is C10H7ClN4S. The van der Waals surface area contributed by atoms with Crippen LogP contribution in [0, 0.1) is 0 Å². The summed E-state index contributed by atoms with van der Waals surface area (Å²) in [7, 11) is 0. The summed E-state index contributed by atoms with van der Waals surface area (Å²) in [4.78, 5) is 4.94. The van der Waals surface area contributed by atoms with Crippen molar-refractivity contribution in [3.8, 4) is 10.7 Å². The standard InChI is InChI=1S/C10H7ClN4S/c11-7-5-3-1-2-4-6(5)16-8(7)9-13-10(12)15-14-9/h1-4H,(H3,12,13,14,15). The highest BCUT2D eigenvalue weighted by molar-refractivity contribution is 7.23. The molecule has 3 aromatic rings. The van der Waals surface area contributed by atoms with Crippen LogP contribution in [0.15, 0.2) is 24.3 Å². The Morgan fingerprint density at radius 3 is 2.81 bits per heavy atom. The molecule has 0 radical (unpaired) electrons. The van der Waals surface area contributed by atoms with Gasteiger partial charge in [0, 0.05) is 10.1 Å². The minimum Gasteiger partial charge on any atom is -0.366 e. The molecule has 6 heteroatoms. The molecule has 0 aliphatic rings. The predicted molar refractivity (Wildman–Crippen MR) is 66.6 cm³/mol. The molecule has 0 amide bonds. The molecule has 3 N–H and O–H groups in total. The van der Waals surface area contributed by atoms with Gasteiger partial charge in [-0.1, -0.05) is 29.8 Å². The van der Waals surface area contributed by atoms with Gasteiger partial charge in [0.2, 0.25) is 5.95 Å². The number of halogens is 1. The van der Waals surface area contributed by atoms with Gasteiger partial charge in [-0.3, -0.25) is 5.10 Å². The number of H-pyrrole nitrogens is 1. The molecule has 0 unspecified atom stereocenters. The third-order valence-corrected chi connectivity index (χ3v) is 3.93. The molecule has 2 aromatic heterocycles. The van der Waals surface area contributed by atoms with Crippen LogP contribution in [-0.4, -0.2) is 15.2 Å². The number of hydrogen-bond donors (Lipinski definition) is 2. The van der Waals surface area contributed by atoms with Crippen LogP contribution in [0.25, 0.3) is 20.8 Å². The number of nitrogens with two attached hydrogens (primary N) is 1. The summed E-state index contributed by atoms with van der Waals surface area (Å²) in [5, 5.41) is 8.28. The summed E-state index contributed by atoms with van der Waals surface area (Å²) in [6.07, 6.45) is 0. The molecule has 0 aliphatic carbocycles. The highest BCUT2D eigenvalue weighted by Crippen LogP contribution is 2.40. The molecule has 0 fully saturated rings. The van der Waals surface area contributed by atoms with E-state index in [1.165, 1.54) is 0 Å². The molecule has 80 valence electrons. The summed E-state index contributed by atoms with van der Waals surface area (Å²) in [6.45, 7) is 0. The highest BCUT2D eigenvalue weighted by atomic mass is 35.5. The Hall–Kier alpha value is -1.59. The molecule has 0 saturated carbocycles. The number of rotatable bonds is 1. The van der Waals surface area contributed by atoms with Gasteiger partial charge in [0.15, 0.2) is 5.82 Å². The SMILES string of the molecule is Nc1n[nH]c(-c2sc3ccccc3c2Cl)n1. The molecule has 0 aliphatic heterocycles. The van der Waals surface area contributed by atoms with Crippen molar-refractivity contribution < 1.29 is 0 Å². The lowest BCUT2D eigenvalue weighted by atomic mass is 10.2. The summed E-state index contributed by atoms with van der Waals surface area (Å²) in [5.41, 5.74) is 5.47. The van der Waals surface area contributed by atoms with Gasteiger partial charge < -0.3 is 5.73 Å². The zero-order chi connectivity index (χ0) is 11.1. The smallest absolute Gasteiger partial charge is 0.239 e. The van der Waals surface area contributed by atoms with Gasteiger partial charge in [0.1, 0.15) is 0 Å². The Kier molecular flexibility index (Phi) is 2.08. The lowest BCUT2D eigenvalue weighted by Crippen LogP contribution is -1.85. The second-order valence-electron chi connectivity index (χ2n) is 3.28. The van der Waals surface area contributed by atoms with Crippen LogP contribution in [0.3, 0.4) is 0 Å². The van der Waals surface area contributed by atoms with E-state index in [2.05, 4.69) is 15.2 Å². The number of nitrogen functional groups attached to an aromatic ring is 1. The van der Waals surface area contributed by atoms with Crippen LogP contribution < -0.4 is 5.73 Å². The Morgan fingerprint density at radius 2 is 2.12 bits per heavy atom. The summed E-state index contributed by atoms with van der Waals surface area (Å²) >= 11 is 7.85. The lowest BCUT2D eigenvalue weighted by molar-refractivity contribution is 1.11. The predicted octanol–water partition coefficient (Wildman–Crippen LogP) is 2.92. The maximum atomic E-state index is 6.28. The van der Waals surface area contributed by atoms with Crippen molar-refractivity contribution in [3.05, 3.63) is 29.3 Å². The van der Waals surface area contributed by atoms with Crippen molar-refractivity contribution in [1.29, 1.82) is 0 Å². The number of benzene rings is 1. The second kappa shape index (κ2) is 3.47. The molecule has 2 heterocycles. The first-order chi connectivity index (χ1) is 7.75.